The Labute approximate surface area is 88.7 Å². The Morgan fingerprint density at radius 2 is 2.14 bits per heavy atom. The van der Waals surface area contributed by atoms with Crippen LogP contribution in [0.4, 0.5) is 0 Å². The van der Waals surface area contributed by atoms with Crippen molar-refractivity contribution in [3.8, 4) is 0 Å². The lowest BCUT2D eigenvalue weighted by Crippen LogP contribution is -1.92. The Morgan fingerprint density at radius 1 is 1.43 bits per heavy atom. The molecule has 0 aliphatic rings. The summed E-state index contributed by atoms with van der Waals surface area (Å²) in [5.74, 6) is 0. The van der Waals surface area contributed by atoms with Crippen LogP contribution in [0.15, 0.2) is 23.6 Å². The third-order valence-corrected chi connectivity index (χ3v) is 3.07. The first-order chi connectivity index (χ1) is 6.50. The molecule has 0 atom stereocenters. The summed E-state index contributed by atoms with van der Waals surface area (Å²) >= 11 is 5.68. The van der Waals surface area contributed by atoms with Crippen molar-refractivity contribution in [2.45, 2.75) is 5.03 Å². The molecule has 0 bridgehead atoms. The van der Waals surface area contributed by atoms with Gasteiger partial charge in [-0.1, -0.05) is 0 Å². The second-order valence-corrected chi connectivity index (χ2v) is 5.27. The molecule has 2 heterocycles. The molecular formula is C6H3Cl2N3O2S. The van der Waals surface area contributed by atoms with Crippen LogP contribution in [0.5, 0.6) is 0 Å². The maximum absolute atomic E-state index is 11.1. The van der Waals surface area contributed by atoms with Gasteiger partial charge in [0.1, 0.15) is 5.52 Å². The van der Waals surface area contributed by atoms with Crippen molar-refractivity contribution in [1.29, 1.82) is 0 Å². The Morgan fingerprint density at radius 3 is 2.79 bits per heavy atom. The summed E-state index contributed by atoms with van der Waals surface area (Å²) in [7, 11) is 1.27. The molecule has 0 fully saturated rings. The summed E-state index contributed by atoms with van der Waals surface area (Å²) in [5.41, 5.74) is 0.257. The highest BCUT2D eigenvalue weighted by Crippen LogP contribution is 2.22. The molecule has 0 aliphatic heterocycles. The van der Waals surface area contributed by atoms with Crippen LogP contribution in [0.3, 0.4) is 0 Å². The lowest BCUT2D eigenvalue weighted by molar-refractivity contribution is 0.607. The molecule has 2 rings (SSSR count). The molecule has 0 saturated heterocycles. The maximum Gasteiger partial charge on any atom is 0.280 e. The average Bonchev–Trinajstić information content (AvgIpc) is 2.44. The van der Waals surface area contributed by atoms with Gasteiger partial charge in [0.15, 0.2) is 5.03 Å². The van der Waals surface area contributed by atoms with Gasteiger partial charge in [-0.05, 0) is 11.6 Å². The highest BCUT2D eigenvalue weighted by molar-refractivity contribution is 8.13. The van der Waals surface area contributed by atoms with E-state index >= 15 is 0 Å². The summed E-state index contributed by atoms with van der Waals surface area (Å²) in [6.07, 6.45) is 4.29. The number of rotatable bonds is 1. The van der Waals surface area contributed by atoms with Gasteiger partial charge in [0.2, 0.25) is 5.28 Å². The van der Waals surface area contributed by atoms with Crippen molar-refractivity contribution in [2.75, 3.05) is 0 Å². The third-order valence-electron chi connectivity index (χ3n) is 1.60. The number of imidazole rings is 1. The summed E-state index contributed by atoms with van der Waals surface area (Å²) in [6.45, 7) is 0. The molecule has 2 aromatic heterocycles. The topological polar surface area (TPSA) is 64.3 Å². The van der Waals surface area contributed by atoms with Gasteiger partial charge in [-0.2, -0.15) is 0 Å². The van der Waals surface area contributed by atoms with E-state index in [9.17, 15) is 8.42 Å². The Kier molecular flexibility index (Phi) is 2.13. The SMILES string of the molecule is O=S(=O)(Cl)c1nc(Cl)n2ccncc12. The number of halogens is 2. The van der Waals surface area contributed by atoms with E-state index in [2.05, 4.69) is 9.97 Å². The van der Waals surface area contributed by atoms with Crippen LogP contribution in [-0.4, -0.2) is 22.8 Å². The fraction of sp³-hybridized carbons (Fsp3) is 0. The van der Waals surface area contributed by atoms with Gasteiger partial charge < -0.3 is 0 Å². The van der Waals surface area contributed by atoms with E-state index in [1.54, 1.807) is 0 Å². The van der Waals surface area contributed by atoms with Gasteiger partial charge in [0, 0.05) is 23.1 Å². The van der Waals surface area contributed by atoms with E-state index in [1.807, 2.05) is 0 Å². The molecule has 0 radical (unpaired) electrons. The molecule has 8 heteroatoms. The van der Waals surface area contributed by atoms with E-state index in [4.69, 9.17) is 22.3 Å². The van der Waals surface area contributed by atoms with Crippen molar-refractivity contribution >= 4 is 36.9 Å². The van der Waals surface area contributed by atoms with Crippen molar-refractivity contribution in [1.82, 2.24) is 14.4 Å². The monoisotopic (exact) mass is 251 g/mol. The summed E-state index contributed by atoms with van der Waals surface area (Å²) in [4.78, 5) is 7.39. The number of nitrogens with zero attached hydrogens (tertiary/aromatic N) is 3. The minimum Gasteiger partial charge on any atom is -0.286 e. The van der Waals surface area contributed by atoms with Crippen molar-refractivity contribution in [2.24, 2.45) is 0 Å². The summed E-state index contributed by atoms with van der Waals surface area (Å²) in [5, 5.41) is -0.251. The fourth-order valence-corrected chi connectivity index (χ4v) is 2.27. The summed E-state index contributed by atoms with van der Waals surface area (Å²) < 4.78 is 23.5. The number of fused-ring (bicyclic) bond motifs is 1. The molecule has 0 aromatic carbocycles. The molecule has 0 spiro atoms. The zero-order valence-corrected chi connectivity index (χ0v) is 8.88. The predicted octanol–water partition coefficient (Wildman–Crippen LogP) is 1.31. The van der Waals surface area contributed by atoms with Gasteiger partial charge in [-0.15, -0.1) is 0 Å². The molecule has 0 amide bonds. The van der Waals surface area contributed by atoms with Gasteiger partial charge in [-0.25, -0.2) is 13.4 Å². The first-order valence-corrected chi connectivity index (χ1v) is 6.11. The first kappa shape index (κ1) is 9.70. The normalized spacial score (nSPS) is 12.1. The molecule has 0 N–H and O–H groups in total. The maximum atomic E-state index is 11.1. The smallest absolute Gasteiger partial charge is 0.280 e. The quantitative estimate of drug-likeness (QED) is 0.718. The highest BCUT2D eigenvalue weighted by atomic mass is 35.7. The van der Waals surface area contributed by atoms with Crippen LogP contribution in [-0.2, 0) is 9.05 Å². The standard InChI is InChI=1S/C6H3Cl2N3O2S/c7-6-10-5(14(8,12)13)4-3-9-1-2-11(4)6/h1-3H. The fourth-order valence-electron chi connectivity index (χ4n) is 1.05. The lowest BCUT2D eigenvalue weighted by atomic mass is 10.6. The molecule has 5 nitrogen and oxygen atoms in total. The zero-order chi connectivity index (χ0) is 10.3. The van der Waals surface area contributed by atoms with Crippen molar-refractivity contribution < 1.29 is 8.42 Å². The van der Waals surface area contributed by atoms with Crippen LogP contribution >= 0.6 is 22.3 Å². The van der Waals surface area contributed by atoms with Crippen LogP contribution in [0, 0.1) is 0 Å². The number of aromatic nitrogens is 3. The Hall–Kier alpha value is -0.850. The molecule has 74 valence electrons. The predicted molar refractivity (Wildman–Crippen MR) is 51.0 cm³/mol. The van der Waals surface area contributed by atoms with Crippen LogP contribution in [0.2, 0.25) is 5.28 Å². The van der Waals surface area contributed by atoms with E-state index < -0.39 is 9.05 Å². The molecule has 14 heavy (non-hydrogen) atoms. The van der Waals surface area contributed by atoms with Crippen molar-refractivity contribution in [3.63, 3.8) is 0 Å². The molecule has 0 unspecified atom stereocenters. The molecule has 0 saturated carbocycles. The van der Waals surface area contributed by atoms with Crippen LogP contribution in [0.1, 0.15) is 0 Å². The third kappa shape index (κ3) is 1.45. The average molecular weight is 252 g/mol. The van der Waals surface area contributed by atoms with E-state index in [-0.39, 0.29) is 15.8 Å². The minimum atomic E-state index is -3.89. The summed E-state index contributed by atoms with van der Waals surface area (Å²) in [6, 6.07) is 0. The van der Waals surface area contributed by atoms with Crippen LogP contribution in [0.25, 0.3) is 5.52 Å². The zero-order valence-electron chi connectivity index (χ0n) is 6.55. The first-order valence-electron chi connectivity index (χ1n) is 3.42. The Balaban J connectivity index is 2.93. The lowest BCUT2D eigenvalue weighted by Gasteiger charge is -1.92. The highest BCUT2D eigenvalue weighted by Gasteiger charge is 2.20. The number of hydrogen-bond acceptors (Lipinski definition) is 4. The second kappa shape index (κ2) is 3.08. The largest absolute Gasteiger partial charge is 0.286 e. The molecular weight excluding hydrogens is 249 g/mol. The van der Waals surface area contributed by atoms with E-state index in [0.29, 0.717) is 0 Å². The van der Waals surface area contributed by atoms with Gasteiger partial charge in [0.05, 0.1) is 6.20 Å². The van der Waals surface area contributed by atoms with Crippen molar-refractivity contribution in [3.05, 3.63) is 23.9 Å². The number of hydrogen-bond donors (Lipinski definition) is 0. The Bertz CT molecular complexity index is 592. The second-order valence-electron chi connectivity index (χ2n) is 2.46. The van der Waals surface area contributed by atoms with Crippen LogP contribution < -0.4 is 0 Å². The van der Waals surface area contributed by atoms with E-state index in [1.165, 1.54) is 23.0 Å². The molecule has 2 aromatic rings. The molecule has 0 aliphatic carbocycles. The minimum absolute atomic E-state index is 0.0293. The van der Waals surface area contributed by atoms with Gasteiger partial charge in [-0.3, -0.25) is 9.38 Å². The van der Waals surface area contributed by atoms with Gasteiger partial charge >= 0.3 is 0 Å². The van der Waals surface area contributed by atoms with E-state index in [0.717, 1.165) is 0 Å². The van der Waals surface area contributed by atoms with Gasteiger partial charge in [0.25, 0.3) is 9.05 Å².